The molecule has 0 saturated heterocycles. The van der Waals surface area contributed by atoms with Crippen LogP contribution in [0.15, 0.2) is 12.2 Å². The summed E-state index contributed by atoms with van der Waals surface area (Å²) < 4.78 is 12.1. The summed E-state index contributed by atoms with van der Waals surface area (Å²) in [5, 5.41) is 0. The third-order valence-electron chi connectivity index (χ3n) is 3.51. The van der Waals surface area contributed by atoms with E-state index in [1.165, 1.54) is 6.42 Å². The zero-order valence-corrected chi connectivity index (χ0v) is 12.9. The van der Waals surface area contributed by atoms with Gasteiger partial charge in [0.2, 0.25) is 0 Å². The fourth-order valence-electron chi connectivity index (χ4n) is 3.02. The van der Waals surface area contributed by atoms with Gasteiger partial charge in [0, 0.05) is 17.7 Å². The van der Waals surface area contributed by atoms with Crippen molar-refractivity contribution < 1.29 is 8.85 Å². The molecule has 2 rings (SSSR count). The van der Waals surface area contributed by atoms with Gasteiger partial charge in [-0.25, -0.2) is 0 Å². The van der Waals surface area contributed by atoms with Crippen molar-refractivity contribution in [3.63, 3.8) is 0 Å². The Morgan fingerprint density at radius 1 is 1.06 bits per heavy atom. The van der Waals surface area contributed by atoms with Crippen molar-refractivity contribution in [2.75, 3.05) is 0 Å². The number of rotatable bonds is 5. The minimum absolute atomic E-state index is 0.140. The second-order valence-corrected chi connectivity index (χ2v) is 9.76. The monoisotopic (exact) mass is 274 g/mol. The fourth-order valence-corrected chi connectivity index (χ4v) is 7.88. The Bertz CT molecular complexity index is 294. The van der Waals surface area contributed by atoms with Crippen LogP contribution in [0.5, 0.6) is 0 Å². The van der Waals surface area contributed by atoms with E-state index in [0.29, 0.717) is 17.4 Å². The summed E-state index contributed by atoms with van der Waals surface area (Å²) in [5.41, 5.74) is 0.420. The van der Waals surface area contributed by atoms with E-state index in [0.717, 1.165) is 6.42 Å². The maximum absolute atomic E-state index is 6.79. The molecule has 1 fully saturated rings. The largest absolute Gasteiger partial charge is 0.447 e. The molecular formula is C13H23ClO2Si. The smallest absolute Gasteiger partial charge is 0.380 e. The first-order valence-corrected chi connectivity index (χ1v) is 9.54. The number of hydrogen-bond donors (Lipinski definition) is 0. The van der Waals surface area contributed by atoms with Gasteiger partial charge in [-0.05, 0) is 52.4 Å². The molecule has 0 N–H and O–H groups in total. The highest BCUT2D eigenvalue weighted by Crippen LogP contribution is 2.53. The van der Waals surface area contributed by atoms with E-state index in [9.17, 15) is 0 Å². The highest BCUT2D eigenvalue weighted by atomic mass is 35.6. The lowest BCUT2D eigenvalue weighted by Gasteiger charge is -2.35. The molecule has 0 radical (unpaired) electrons. The van der Waals surface area contributed by atoms with Gasteiger partial charge < -0.3 is 8.85 Å². The summed E-state index contributed by atoms with van der Waals surface area (Å²) in [6.07, 6.45) is 7.32. The van der Waals surface area contributed by atoms with Crippen LogP contribution in [0.1, 0.15) is 40.5 Å². The van der Waals surface area contributed by atoms with E-state index in [-0.39, 0.29) is 12.2 Å². The number of hydrogen-bond acceptors (Lipinski definition) is 2. The van der Waals surface area contributed by atoms with E-state index >= 15 is 0 Å². The molecule has 3 unspecified atom stereocenters. The summed E-state index contributed by atoms with van der Waals surface area (Å²) in [6.45, 7) is 8.15. The zero-order valence-electron chi connectivity index (χ0n) is 11.2. The maximum atomic E-state index is 6.79. The minimum Gasteiger partial charge on any atom is -0.380 e. The van der Waals surface area contributed by atoms with Crippen molar-refractivity contribution in [1.29, 1.82) is 0 Å². The SMILES string of the molecule is CC(C)O[Si](Cl)(OC(C)C)C1CC2C=CC1C2. The van der Waals surface area contributed by atoms with E-state index in [1.54, 1.807) is 0 Å². The van der Waals surface area contributed by atoms with E-state index < -0.39 is 7.87 Å². The lowest BCUT2D eigenvalue weighted by molar-refractivity contribution is 0.111. The highest BCUT2D eigenvalue weighted by Gasteiger charge is 2.54. The van der Waals surface area contributed by atoms with Crippen molar-refractivity contribution in [2.45, 2.75) is 58.3 Å². The molecule has 0 aliphatic heterocycles. The van der Waals surface area contributed by atoms with Gasteiger partial charge in [0.25, 0.3) is 0 Å². The molecule has 1 saturated carbocycles. The van der Waals surface area contributed by atoms with Crippen molar-refractivity contribution in [2.24, 2.45) is 11.8 Å². The first-order chi connectivity index (χ1) is 7.90. The first kappa shape index (κ1) is 13.6. The number of halogens is 1. The van der Waals surface area contributed by atoms with Gasteiger partial charge >= 0.3 is 7.87 Å². The van der Waals surface area contributed by atoms with Gasteiger partial charge in [0.15, 0.2) is 0 Å². The summed E-state index contributed by atoms with van der Waals surface area (Å²) >= 11 is 6.79. The van der Waals surface area contributed by atoms with Gasteiger partial charge in [-0.3, -0.25) is 0 Å². The van der Waals surface area contributed by atoms with E-state index in [1.807, 2.05) is 27.7 Å². The normalized spacial score (nSPS) is 32.1. The average Bonchev–Trinajstić information content (AvgIpc) is 2.75. The van der Waals surface area contributed by atoms with Gasteiger partial charge in [-0.1, -0.05) is 23.2 Å². The lowest BCUT2D eigenvalue weighted by Crippen LogP contribution is -2.46. The van der Waals surface area contributed by atoms with Crippen molar-refractivity contribution in [3.05, 3.63) is 12.2 Å². The molecule has 4 heteroatoms. The van der Waals surface area contributed by atoms with Gasteiger partial charge in [-0.15, -0.1) is 0 Å². The number of fused-ring (bicyclic) bond motifs is 2. The molecule has 17 heavy (non-hydrogen) atoms. The molecule has 2 nitrogen and oxygen atoms in total. The predicted molar refractivity (Wildman–Crippen MR) is 73.2 cm³/mol. The zero-order chi connectivity index (χ0) is 12.6. The van der Waals surface area contributed by atoms with Crippen molar-refractivity contribution >= 4 is 18.9 Å². The molecular weight excluding hydrogens is 252 g/mol. The Morgan fingerprint density at radius 2 is 1.65 bits per heavy atom. The minimum atomic E-state index is -2.58. The second kappa shape index (κ2) is 5.04. The van der Waals surface area contributed by atoms with Crippen LogP contribution in [-0.4, -0.2) is 20.1 Å². The quantitative estimate of drug-likeness (QED) is 0.429. The molecule has 2 aliphatic rings. The van der Waals surface area contributed by atoms with Crippen molar-refractivity contribution in [3.8, 4) is 0 Å². The van der Waals surface area contributed by atoms with Crippen LogP contribution in [0.3, 0.4) is 0 Å². The van der Waals surface area contributed by atoms with Gasteiger partial charge in [0.05, 0.1) is 0 Å². The van der Waals surface area contributed by atoms with Crippen LogP contribution in [0, 0.1) is 11.8 Å². The first-order valence-electron chi connectivity index (χ1n) is 6.63. The highest BCUT2D eigenvalue weighted by molar-refractivity contribution is 7.13. The third-order valence-corrected chi connectivity index (χ3v) is 8.03. The van der Waals surface area contributed by atoms with Crippen LogP contribution in [0.4, 0.5) is 0 Å². The fraction of sp³-hybridized carbons (Fsp3) is 0.846. The summed E-state index contributed by atoms with van der Waals surface area (Å²) in [4.78, 5) is 0. The molecule has 2 bridgehead atoms. The summed E-state index contributed by atoms with van der Waals surface area (Å²) in [5.74, 6) is 1.30. The molecule has 0 aromatic carbocycles. The molecule has 0 amide bonds. The topological polar surface area (TPSA) is 18.5 Å². The third kappa shape index (κ3) is 2.95. The molecule has 98 valence electrons. The Morgan fingerprint density at radius 3 is 2.00 bits per heavy atom. The molecule has 0 spiro atoms. The van der Waals surface area contributed by atoms with Crippen LogP contribution in [-0.2, 0) is 8.85 Å². The predicted octanol–water partition coefficient (Wildman–Crippen LogP) is 3.98. The molecule has 0 heterocycles. The van der Waals surface area contributed by atoms with Crippen LogP contribution in [0.25, 0.3) is 0 Å². The lowest BCUT2D eigenvalue weighted by atomic mass is 10.1. The summed E-state index contributed by atoms with van der Waals surface area (Å²) in [6, 6.07) is 0. The average molecular weight is 275 g/mol. The van der Waals surface area contributed by atoms with Crippen LogP contribution < -0.4 is 0 Å². The second-order valence-electron chi connectivity index (χ2n) is 5.80. The molecule has 0 aromatic rings. The summed E-state index contributed by atoms with van der Waals surface area (Å²) in [7, 11) is -2.58. The van der Waals surface area contributed by atoms with Crippen LogP contribution >= 0.6 is 11.1 Å². The number of allylic oxidation sites excluding steroid dienone is 2. The standard InChI is InChI=1S/C13H23ClO2Si/c1-9(2)15-17(14,16-10(3)4)13-8-11-5-6-12(13)7-11/h5-6,9-13H,7-8H2,1-4H3. The van der Waals surface area contributed by atoms with Crippen LogP contribution in [0.2, 0.25) is 5.54 Å². The van der Waals surface area contributed by atoms with E-state index in [4.69, 9.17) is 19.9 Å². The Kier molecular flexibility index (Phi) is 4.03. The van der Waals surface area contributed by atoms with E-state index in [2.05, 4.69) is 12.2 Å². The van der Waals surface area contributed by atoms with Crippen molar-refractivity contribution in [1.82, 2.24) is 0 Å². The van der Waals surface area contributed by atoms with Gasteiger partial charge in [0.1, 0.15) is 0 Å². The van der Waals surface area contributed by atoms with Gasteiger partial charge in [-0.2, -0.15) is 0 Å². The Balaban J connectivity index is 2.12. The Hall–Kier alpha value is 0.167. The molecule has 0 aromatic heterocycles. The molecule has 3 atom stereocenters. The Labute approximate surface area is 110 Å². The maximum Gasteiger partial charge on any atom is 0.447 e. The molecule has 2 aliphatic carbocycles.